The van der Waals surface area contributed by atoms with Crippen molar-refractivity contribution in [3.8, 4) is 11.5 Å². The number of nitrogens with one attached hydrogen (secondary N) is 1. The lowest BCUT2D eigenvalue weighted by atomic mass is 10.1. The molecule has 1 saturated heterocycles. The van der Waals surface area contributed by atoms with E-state index in [0.717, 1.165) is 17.1 Å². The topological polar surface area (TPSA) is 67.9 Å². The molecule has 2 amide bonds. The monoisotopic (exact) mass is 354 g/mol. The Bertz CT molecular complexity index is 771. The molecule has 1 aliphatic rings. The molecule has 1 fully saturated rings. The van der Waals surface area contributed by atoms with E-state index < -0.39 is 0 Å². The van der Waals surface area contributed by atoms with Crippen LogP contribution in [0.4, 0.5) is 5.69 Å². The lowest BCUT2D eigenvalue weighted by molar-refractivity contribution is -0.128. The predicted molar refractivity (Wildman–Crippen MR) is 98.1 cm³/mol. The van der Waals surface area contributed by atoms with Crippen LogP contribution in [0.5, 0.6) is 11.5 Å². The zero-order chi connectivity index (χ0) is 18.5. The molecule has 136 valence electrons. The van der Waals surface area contributed by atoms with Crippen LogP contribution in [0.15, 0.2) is 48.5 Å². The first-order valence-electron chi connectivity index (χ1n) is 8.44. The Morgan fingerprint density at radius 3 is 2.19 bits per heavy atom. The minimum Gasteiger partial charge on any atom is -0.497 e. The minimum atomic E-state index is -0.345. The molecule has 26 heavy (non-hydrogen) atoms. The fourth-order valence-electron chi connectivity index (χ4n) is 2.97. The summed E-state index contributed by atoms with van der Waals surface area (Å²) in [6.45, 7) is 0.919. The Hall–Kier alpha value is -3.02. The molecule has 1 N–H and O–H groups in total. The maximum Gasteiger partial charge on any atom is 0.229 e. The molecule has 1 atom stereocenters. The summed E-state index contributed by atoms with van der Waals surface area (Å²) in [6, 6.07) is 14.7. The van der Waals surface area contributed by atoms with Gasteiger partial charge in [-0.3, -0.25) is 9.59 Å². The second kappa shape index (κ2) is 7.91. The lowest BCUT2D eigenvalue weighted by Crippen LogP contribution is -2.28. The van der Waals surface area contributed by atoms with Crippen molar-refractivity contribution in [3.05, 3.63) is 54.1 Å². The Morgan fingerprint density at radius 1 is 1.04 bits per heavy atom. The summed E-state index contributed by atoms with van der Waals surface area (Å²) < 4.78 is 10.2. The van der Waals surface area contributed by atoms with E-state index in [0.29, 0.717) is 18.8 Å². The van der Waals surface area contributed by atoms with E-state index in [-0.39, 0.29) is 24.2 Å². The predicted octanol–water partition coefficient (Wildman–Crippen LogP) is 2.69. The number of carbonyl (C=O) groups excluding carboxylic acids is 2. The standard InChI is InChI=1S/C20H22N2O4/c1-25-17-7-3-14(4-8-17)12-22-13-15(11-19(22)23)20(24)21-16-5-9-18(26-2)10-6-16/h3-10,15H,11-13H2,1-2H3,(H,21,24). The summed E-state index contributed by atoms with van der Waals surface area (Å²) in [4.78, 5) is 26.4. The number of benzene rings is 2. The minimum absolute atomic E-state index is 0.00398. The van der Waals surface area contributed by atoms with Gasteiger partial charge >= 0.3 is 0 Å². The van der Waals surface area contributed by atoms with Crippen LogP contribution < -0.4 is 14.8 Å². The van der Waals surface area contributed by atoms with Gasteiger partial charge in [0.25, 0.3) is 0 Å². The first-order chi connectivity index (χ1) is 12.6. The molecule has 0 bridgehead atoms. The van der Waals surface area contributed by atoms with E-state index in [9.17, 15) is 9.59 Å². The lowest BCUT2D eigenvalue weighted by Gasteiger charge is -2.17. The van der Waals surface area contributed by atoms with Gasteiger partial charge in [-0.05, 0) is 42.0 Å². The molecule has 2 aromatic carbocycles. The van der Waals surface area contributed by atoms with Gasteiger partial charge in [-0.15, -0.1) is 0 Å². The molecule has 1 aliphatic heterocycles. The van der Waals surface area contributed by atoms with Gasteiger partial charge in [0, 0.05) is 25.2 Å². The van der Waals surface area contributed by atoms with Gasteiger partial charge in [0.05, 0.1) is 20.1 Å². The smallest absolute Gasteiger partial charge is 0.229 e. The summed E-state index contributed by atoms with van der Waals surface area (Å²) in [7, 11) is 3.21. The van der Waals surface area contributed by atoms with Crippen molar-refractivity contribution in [3.63, 3.8) is 0 Å². The Kier molecular flexibility index (Phi) is 5.41. The van der Waals surface area contributed by atoms with Gasteiger partial charge in [-0.2, -0.15) is 0 Å². The number of methoxy groups -OCH3 is 2. The van der Waals surface area contributed by atoms with Crippen LogP contribution >= 0.6 is 0 Å². The van der Waals surface area contributed by atoms with E-state index >= 15 is 0 Å². The number of likely N-dealkylation sites (tertiary alicyclic amines) is 1. The third-order valence-corrected chi connectivity index (χ3v) is 4.48. The normalized spacial score (nSPS) is 16.5. The summed E-state index contributed by atoms with van der Waals surface area (Å²) in [6.07, 6.45) is 0.234. The molecule has 1 unspecified atom stereocenters. The molecule has 6 nitrogen and oxygen atoms in total. The number of rotatable bonds is 6. The molecule has 0 spiro atoms. The highest BCUT2D eigenvalue weighted by molar-refractivity contribution is 5.97. The third-order valence-electron chi connectivity index (χ3n) is 4.48. The van der Waals surface area contributed by atoms with E-state index in [1.807, 2.05) is 24.3 Å². The zero-order valence-corrected chi connectivity index (χ0v) is 14.9. The molecule has 1 heterocycles. The van der Waals surface area contributed by atoms with Crippen LogP contribution in [-0.4, -0.2) is 37.5 Å². The number of nitrogens with zero attached hydrogens (tertiary/aromatic N) is 1. The highest BCUT2D eigenvalue weighted by atomic mass is 16.5. The molecule has 3 rings (SSSR count). The van der Waals surface area contributed by atoms with E-state index in [1.165, 1.54) is 0 Å². The second-order valence-electron chi connectivity index (χ2n) is 6.24. The Morgan fingerprint density at radius 2 is 1.62 bits per heavy atom. The molecule has 2 aromatic rings. The summed E-state index contributed by atoms with van der Waals surface area (Å²) in [5.41, 5.74) is 1.70. The number of hydrogen-bond acceptors (Lipinski definition) is 4. The molecule has 0 radical (unpaired) electrons. The van der Waals surface area contributed by atoms with Crippen LogP contribution in [0, 0.1) is 5.92 Å². The number of anilines is 1. The number of amides is 2. The van der Waals surface area contributed by atoms with E-state index in [4.69, 9.17) is 9.47 Å². The van der Waals surface area contributed by atoms with Crippen molar-refractivity contribution in [2.75, 3.05) is 26.1 Å². The van der Waals surface area contributed by atoms with Gasteiger partial charge in [0.2, 0.25) is 11.8 Å². The average Bonchev–Trinajstić information content (AvgIpc) is 3.03. The molecule has 0 aliphatic carbocycles. The Labute approximate surface area is 152 Å². The highest BCUT2D eigenvalue weighted by Crippen LogP contribution is 2.23. The first-order valence-corrected chi connectivity index (χ1v) is 8.44. The van der Waals surface area contributed by atoms with E-state index in [1.54, 1.807) is 43.4 Å². The van der Waals surface area contributed by atoms with Gasteiger partial charge in [0.15, 0.2) is 0 Å². The number of hydrogen-bond donors (Lipinski definition) is 1. The molecular formula is C20H22N2O4. The molecule has 0 aromatic heterocycles. The van der Waals surface area contributed by atoms with Crippen LogP contribution in [0.1, 0.15) is 12.0 Å². The Balaban J connectivity index is 1.58. The van der Waals surface area contributed by atoms with Crippen molar-refractivity contribution in [1.29, 1.82) is 0 Å². The van der Waals surface area contributed by atoms with Gasteiger partial charge in [0.1, 0.15) is 11.5 Å². The van der Waals surface area contributed by atoms with Gasteiger partial charge in [-0.1, -0.05) is 12.1 Å². The first kappa shape index (κ1) is 17.8. The second-order valence-corrected chi connectivity index (χ2v) is 6.24. The number of carbonyl (C=O) groups is 2. The summed E-state index contributed by atoms with van der Waals surface area (Å²) in [5.74, 6) is 1.02. The molecular weight excluding hydrogens is 332 g/mol. The third kappa shape index (κ3) is 4.14. The van der Waals surface area contributed by atoms with Crippen LogP contribution in [0.3, 0.4) is 0 Å². The summed E-state index contributed by atoms with van der Waals surface area (Å²) in [5, 5.41) is 2.87. The largest absolute Gasteiger partial charge is 0.497 e. The van der Waals surface area contributed by atoms with Crippen molar-refractivity contribution in [2.45, 2.75) is 13.0 Å². The fourth-order valence-corrected chi connectivity index (χ4v) is 2.97. The van der Waals surface area contributed by atoms with Crippen molar-refractivity contribution in [1.82, 2.24) is 4.90 Å². The van der Waals surface area contributed by atoms with E-state index in [2.05, 4.69) is 5.32 Å². The van der Waals surface area contributed by atoms with Crippen molar-refractivity contribution >= 4 is 17.5 Å². The molecule has 0 saturated carbocycles. The quantitative estimate of drug-likeness (QED) is 0.866. The van der Waals surface area contributed by atoms with Crippen LogP contribution in [-0.2, 0) is 16.1 Å². The van der Waals surface area contributed by atoms with Gasteiger partial charge in [-0.25, -0.2) is 0 Å². The highest BCUT2D eigenvalue weighted by Gasteiger charge is 2.34. The van der Waals surface area contributed by atoms with Crippen LogP contribution in [0.2, 0.25) is 0 Å². The number of ether oxygens (including phenoxy) is 2. The average molecular weight is 354 g/mol. The fraction of sp³-hybridized carbons (Fsp3) is 0.300. The zero-order valence-electron chi connectivity index (χ0n) is 14.9. The molecule has 6 heteroatoms. The maximum absolute atomic E-state index is 12.5. The van der Waals surface area contributed by atoms with Crippen LogP contribution in [0.25, 0.3) is 0 Å². The van der Waals surface area contributed by atoms with Crippen molar-refractivity contribution in [2.24, 2.45) is 5.92 Å². The van der Waals surface area contributed by atoms with Gasteiger partial charge < -0.3 is 19.7 Å². The van der Waals surface area contributed by atoms with Crippen molar-refractivity contribution < 1.29 is 19.1 Å². The maximum atomic E-state index is 12.5. The SMILES string of the molecule is COc1ccc(CN2CC(C(=O)Nc3ccc(OC)cc3)CC2=O)cc1. The summed E-state index contributed by atoms with van der Waals surface area (Å²) >= 11 is 0.